The fourth-order valence-corrected chi connectivity index (χ4v) is 3.66. The van der Waals surface area contributed by atoms with Crippen LogP contribution in [0.5, 0.6) is 0 Å². The molecular weight excluding hydrogens is 280 g/mol. The number of carbonyl (C=O) groups is 1. The third-order valence-corrected chi connectivity index (χ3v) is 5.07. The highest BCUT2D eigenvalue weighted by molar-refractivity contribution is 7.98. The molecule has 1 aliphatic rings. The molecule has 116 valence electrons. The van der Waals surface area contributed by atoms with Gasteiger partial charge >= 0.3 is 0 Å². The lowest BCUT2D eigenvalue weighted by atomic mass is 9.98. The molecular formula is C17H26N2OS. The van der Waals surface area contributed by atoms with Crippen LogP contribution in [0.4, 0.5) is 0 Å². The van der Waals surface area contributed by atoms with Crippen LogP contribution >= 0.6 is 11.8 Å². The number of benzene rings is 1. The topological polar surface area (TPSA) is 32.3 Å². The summed E-state index contributed by atoms with van der Waals surface area (Å²) in [6, 6.07) is 8.49. The molecule has 2 rings (SSSR count). The first-order valence-electron chi connectivity index (χ1n) is 7.75. The van der Waals surface area contributed by atoms with Gasteiger partial charge < -0.3 is 10.2 Å². The Morgan fingerprint density at radius 3 is 3.00 bits per heavy atom. The van der Waals surface area contributed by atoms with Gasteiger partial charge in [-0.1, -0.05) is 24.3 Å². The van der Waals surface area contributed by atoms with Crippen LogP contribution in [-0.4, -0.2) is 43.2 Å². The predicted molar refractivity (Wildman–Crippen MR) is 90.6 cm³/mol. The molecule has 0 spiro atoms. The van der Waals surface area contributed by atoms with E-state index in [9.17, 15) is 4.79 Å². The number of rotatable bonds is 6. The molecule has 3 nitrogen and oxygen atoms in total. The van der Waals surface area contributed by atoms with E-state index < -0.39 is 0 Å². The largest absolute Gasteiger partial charge is 0.355 e. The Morgan fingerprint density at radius 1 is 1.43 bits per heavy atom. The highest BCUT2D eigenvalue weighted by atomic mass is 32.2. The van der Waals surface area contributed by atoms with Crippen LogP contribution in [0.25, 0.3) is 0 Å². The molecule has 0 unspecified atom stereocenters. The Balaban J connectivity index is 1.61. The molecule has 1 aliphatic heterocycles. The summed E-state index contributed by atoms with van der Waals surface area (Å²) in [5.74, 6) is 2.42. The van der Waals surface area contributed by atoms with Crippen molar-refractivity contribution in [3.8, 4) is 0 Å². The van der Waals surface area contributed by atoms with Gasteiger partial charge in [-0.15, -0.1) is 0 Å². The van der Waals surface area contributed by atoms with Crippen molar-refractivity contribution in [3.05, 3.63) is 35.4 Å². The lowest BCUT2D eigenvalue weighted by Gasteiger charge is -2.28. The average Bonchev–Trinajstić information content (AvgIpc) is 2.48. The second kappa shape index (κ2) is 8.44. The summed E-state index contributed by atoms with van der Waals surface area (Å²) in [7, 11) is 2.09. The summed E-state index contributed by atoms with van der Waals surface area (Å²) in [5, 5.41) is 3.09. The fraction of sp³-hybridized carbons (Fsp3) is 0.588. The number of hydrogen-bond acceptors (Lipinski definition) is 3. The molecule has 1 aromatic rings. The van der Waals surface area contributed by atoms with Gasteiger partial charge in [0.15, 0.2) is 0 Å². The highest BCUT2D eigenvalue weighted by Gasteiger charge is 2.23. The molecule has 0 saturated carbocycles. The molecule has 4 heteroatoms. The minimum absolute atomic E-state index is 0.185. The molecule has 1 N–H and O–H groups in total. The van der Waals surface area contributed by atoms with Gasteiger partial charge in [0.05, 0.1) is 5.92 Å². The summed E-state index contributed by atoms with van der Waals surface area (Å²) in [4.78, 5) is 14.3. The SMILES string of the molecule is Cc1ccccc1CSCCNC(=O)[C@H]1CCCN(C)C1. The number of aryl methyl sites for hydroxylation is 1. The van der Waals surface area contributed by atoms with Crippen LogP contribution in [0.15, 0.2) is 24.3 Å². The first-order valence-corrected chi connectivity index (χ1v) is 8.91. The number of nitrogens with one attached hydrogen (secondary N) is 1. The minimum atomic E-state index is 0.185. The van der Waals surface area contributed by atoms with E-state index in [1.54, 1.807) is 0 Å². The molecule has 1 amide bonds. The molecule has 0 radical (unpaired) electrons. The van der Waals surface area contributed by atoms with Crippen molar-refractivity contribution in [2.45, 2.75) is 25.5 Å². The Hall–Kier alpha value is -1.00. The van der Waals surface area contributed by atoms with Crippen molar-refractivity contribution in [3.63, 3.8) is 0 Å². The van der Waals surface area contributed by atoms with Crippen molar-refractivity contribution >= 4 is 17.7 Å². The zero-order chi connectivity index (χ0) is 15.1. The zero-order valence-electron chi connectivity index (χ0n) is 13.1. The Kier molecular flexibility index (Phi) is 6.58. The van der Waals surface area contributed by atoms with E-state index >= 15 is 0 Å². The van der Waals surface area contributed by atoms with E-state index in [-0.39, 0.29) is 11.8 Å². The number of thioether (sulfide) groups is 1. The van der Waals surface area contributed by atoms with E-state index in [0.29, 0.717) is 0 Å². The third-order valence-electron chi connectivity index (χ3n) is 4.06. The van der Waals surface area contributed by atoms with Crippen molar-refractivity contribution in [2.75, 3.05) is 32.4 Å². The quantitative estimate of drug-likeness (QED) is 0.820. The summed E-state index contributed by atoms with van der Waals surface area (Å²) in [5.41, 5.74) is 2.74. The first kappa shape index (κ1) is 16.4. The summed E-state index contributed by atoms with van der Waals surface area (Å²) < 4.78 is 0. The summed E-state index contributed by atoms with van der Waals surface area (Å²) in [6.07, 6.45) is 2.17. The number of likely N-dealkylation sites (tertiary alicyclic amines) is 1. The molecule has 1 fully saturated rings. The van der Waals surface area contributed by atoms with Crippen molar-refractivity contribution in [1.82, 2.24) is 10.2 Å². The van der Waals surface area contributed by atoms with E-state index in [1.807, 2.05) is 11.8 Å². The van der Waals surface area contributed by atoms with Gasteiger partial charge in [0, 0.05) is 24.6 Å². The maximum atomic E-state index is 12.1. The molecule has 21 heavy (non-hydrogen) atoms. The van der Waals surface area contributed by atoms with Crippen LogP contribution in [0.2, 0.25) is 0 Å². The van der Waals surface area contributed by atoms with Gasteiger partial charge in [-0.05, 0) is 44.5 Å². The number of nitrogens with zero attached hydrogens (tertiary/aromatic N) is 1. The van der Waals surface area contributed by atoms with Crippen molar-refractivity contribution < 1.29 is 4.79 Å². The van der Waals surface area contributed by atoms with Gasteiger partial charge in [0.1, 0.15) is 0 Å². The molecule has 0 aliphatic carbocycles. The molecule has 1 atom stereocenters. The normalized spacial score (nSPS) is 19.4. The van der Waals surface area contributed by atoms with Crippen LogP contribution in [-0.2, 0) is 10.5 Å². The third kappa shape index (κ3) is 5.36. The van der Waals surface area contributed by atoms with Gasteiger partial charge in [-0.2, -0.15) is 11.8 Å². The lowest BCUT2D eigenvalue weighted by molar-refractivity contribution is -0.126. The second-order valence-electron chi connectivity index (χ2n) is 5.87. The molecule has 1 heterocycles. The van der Waals surface area contributed by atoms with E-state index in [4.69, 9.17) is 0 Å². The van der Waals surface area contributed by atoms with Gasteiger partial charge in [0.2, 0.25) is 5.91 Å². The summed E-state index contributed by atoms with van der Waals surface area (Å²) >= 11 is 1.88. The maximum absolute atomic E-state index is 12.1. The molecule has 0 aromatic heterocycles. The predicted octanol–water partition coefficient (Wildman–Crippen LogP) is 2.69. The number of amides is 1. The molecule has 1 saturated heterocycles. The highest BCUT2D eigenvalue weighted by Crippen LogP contribution is 2.16. The smallest absolute Gasteiger partial charge is 0.224 e. The van der Waals surface area contributed by atoms with E-state index in [2.05, 4.69) is 48.5 Å². The Morgan fingerprint density at radius 2 is 2.24 bits per heavy atom. The van der Waals surface area contributed by atoms with Crippen LogP contribution < -0.4 is 5.32 Å². The first-order chi connectivity index (χ1) is 10.2. The number of carbonyl (C=O) groups excluding carboxylic acids is 1. The summed E-state index contributed by atoms with van der Waals surface area (Å²) in [6.45, 7) is 4.95. The van der Waals surface area contributed by atoms with Gasteiger partial charge in [-0.3, -0.25) is 4.79 Å². The van der Waals surface area contributed by atoms with Gasteiger partial charge in [0.25, 0.3) is 0 Å². The standard InChI is InChI=1S/C17H26N2OS/c1-14-6-3-4-7-16(14)13-21-11-9-18-17(20)15-8-5-10-19(2)12-15/h3-4,6-7,15H,5,8-13H2,1-2H3,(H,18,20)/t15-/m0/s1. The molecule has 1 aromatic carbocycles. The Labute approximate surface area is 132 Å². The van der Waals surface area contributed by atoms with Crippen molar-refractivity contribution in [1.29, 1.82) is 0 Å². The fourth-order valence-electron chi connectivity index (χ4n) is 2.73. The monoisotopic (exact) mass is 306 g/mol. The van der Waals surface area contributed by atoms with Crippen LogP contribution in [0.3, 0.4) is 0 Å². The van der Waals surface area contributed by atoms with Gasteiger partial charge in [-0.25, -0.2) is 0 Å². The maximum Gasteiger partial charge on any atom is 0.224 e. The average molecular weight is 306 g/mol. The number of piperidine rings is 1. The zero-order valence-corrected chi connectivity index (χ0v) is 13.9. The van der Waals surface area contributed by atoms with E-state index in [1.165, 1.54) is 11.1 Å². The van der Waals surface area contributed by atoms with Crippen LogP contribution in [0, 0.1) is 12.8 Å². The van der Waals surface area contributed by atoms with Crippen molar-refractivity contribution in [2.24, 2.45) is 5.92 Å². The van der Waals surface area contributed by atoms with Crippen LogP contribution in [0.1, 0.15) is 24.0 Å². The minimum Gasteiger partial charge on any atom is -0.355 e. The lowest BCUT2D eigenvalue weighted by Crippen LogP contribution is -2.41. The Bertz CT molecular complexity index is 464. The second-order valence-corrected chi connectivity index (χ2v) is 6.98. The number of hydrogen-bond donors (Lipinski definition) is 1. The van der Waals surface area contributed by atoms with E-state index in [0.717, 1.165) is 44.0 Å². The molecule has 0 bridgehead atoms.